The first-order valence-electron chi connectivity index (χ1n) is 20.0. The Morgan fingerprint density at radius 2 is 0.660 bits per heavy atom. The van der Waals surface area contributed by atoms with Crippen LogP contribution in [-0.2, 0) is 12.8 Å². The van der Waals surface area contributed by atoms with Gasteiger partial charge >= 0.3 is 0 Å². The fraction of sp³-hybridized carbons (Fsp3) is 0.440. The Hall–Kier alpha value is -4.00. The fourth-order valence-electron chi connectivity index (χ4n) is 8.00. The van der Waals surface area contributed by atoms with Gasteiger partial charge in [-0.05, 0) is 159 Å². The van der Waals surface area contributed by atoms with Gasteiger partial charge in [-0.25, -0.2) is 0 Å². The molecule has 0 aliphatic heterocycles. The smallest absolute Gasteiger partial charge is 0.0249 e. The molecule has 0 spiro atoms. The molecule has 2 saturated carbocycles. The second kappa shape index (κ2) is 20.0. The zero-order valence-corrected chi connectivity index (χ0v) is 31.4. The lowest BCUT2D eigenvalue weighted by molar-refractivity contribution is 0.308. The largest absolute Gasteiger partial charge is 0.0654 e. The third-order valence-electron chi connectivity index (χ3n) is 11.3. The van der Waals surface area contributed by atoms with Gasteiger partial charge in [-0.3, -0.25) is 0 Å². The van der Waals surface area contributed by atoms with E-state index in [9.17, 15) is 0 Å². The number of hydrogen-bond acceptors (Lipinski definition) is 0. The van der Waals surface area contributed by atoms with Crippen LogP contribution in [0.5, 0.6) is 0 Å². The van der Waals surface area contributed by atoms with Crippen molar-refractivity contribution in [2.75, 3.05) is 0 Å². The van der Waals surface area contributed by atoms with E-state index in [1.165, 1.54) is 99.3 Å². The molecule has 0 heterocycles. The Balaban J connectivity index is 0.000000194. The van der Waals surface area contributed by atoms with Crippen molar-refractivity contribution in [1.82, 2.24) is 0 Å². The summed E-state index contributed by atoms with van der Waals surface area (Å²) in [5.41, 5.74) is 10.2. The quantitative estimate of drug-likeness (QED) is 0.165. The summed E-state index contributed by atoms with van der Waals surface area (Å²) in [6.07, 6.45) is 18.8. The summed E-state index contributed by atoms with van der Waals surface area (Å²) in [5.74, 6) is 16.6. The molecule has 0 radical (unpaired) electrons. The highest BCUT2D eigenvalue weighted by molar-refractivity contribution is 5.45. The average molecular weight is 661 g/mol. The highest BCUT2D eigenvalue weighted by Crippen LogP contribution is 2.38. The maximum Gasteiger partial charge on any atom is 0.0249 e. The van der Waals surface area contributed by atoms with Gasteiger partial charge < -0.3 is 0 Å². The van der Waals surface area contributed by atoms with Crippen LogP contribution in [0.25, 0.3) is 0 Å². The van der Waals surface area contributed by atoms with Crippen molar-refractivity contribution in [2.24, 2.45) is 11.8 Å². The maximum absolute atomic E-state index is 3.30. The van der Waals surface area contributed by atoms with E-state index in [0.717, 1.165) is 58.8 Å². The first kappa shape index (κ1) is 37.3. The average Bonchev–Trinajstić information content (AvgIpc) is 3.18. The number of hydrogen-bond donors (Lipinski definition) is 0. The van der Waals surface area contributed by atoms with Crippen LogP contribution in [0.1, 0.15) is 161 Å². The summed E-state index contributed by atoms with van der Waals surface area (Å²) >= 11 is 0. The van der Waals surface area contributed by atoms with Gasteiger partial charge in [-0.1, -0.05) is 126 Å². The first-order chi connectivity index (χ1) is 24.6. The van der Waals surface area contributed by atoms with Gasteiger partial charge in [0, 0.05) is 22.3 Å². The summed E-state index contributed by atoms with van der Waals surface area (Å²) in [7, 11) is 0. The molecule has 0 atom stereocenters. The monoisotopic (exact) mass is 660 g/mol. The molecule has 50 heavy (non-hydrogen) atoms. The molecule has 2 fully saturated rings. The highest BCUT2D eigenvalue weighted by atomic mass is 14.3. The van der Waals surface area contributed by atoms with Crippen LogP contribution in [0.2, 0.25) is 0 Å². The van der Waals surface area contributed by atoms with Crippen LogP contribution < -0.4 is 0 Å². The van der Waals surface area contributed by atoms with Crippen molar-refractivity contribution in [3.05, 3.63) is 142 Å². The minimum Gasteiger partial charge on any atom is -0.0654 e. The second-order valence-corrected chi connectivity index (χ2v) is 14.9. The molecule has 2 aliphatic rings. The summed E-state index contributed by atoms with van der Waals surface area (Å²) in [6, 6.07) is 35.1. The normalized spacial score (nSPS) is 19.9. The molecule has 0 unspecified atom stereocenters. The van der Waals surface area contributed by atoms with E-state index < -0.39 is 0 Å². The van der Waals surface area contributed by atoms with E-state index in [2.05, 4.69) is 148 Å². The Kier molecular flexibility index (Phi) is 14.9. The van der Waals surface area contributed by atoms with Crippen LogP contribution in [0.3, 0.4) is 0 Å². The fourth-order valence-corrected chi connectivity index (χ4v) is 8.00. The topological polar surface area (TPSA) is 0 Å². The minimum atomic E-state index is 0.761. The standard InChI is InChI=1S/2C25H30/c2*1-3-5-21-12-16-24(17-13-21)25-18-14-23(15-19-25)11-10-22-8-6-20(4-2)7-9-22/h2*6-9,14-15,18-19,21,24H,3-5,12-13,16-17H2,1-2H3. The second-order valence-electron chi connectivity index (χ2n) is 14.9. The lowest BCUT2D eigenvalue weighted by atomic mass is 9.77. The third kappa shape index (κ3) is 11.5. The minimum absolute atomic E-state index is 0.761. The zero-order chi connectivity index (χ0) is 35.0. The van der Waals surface area contributed by atoms with E-state index >= 15 is 0 Å². The van der Waals surface area contributed by atoms with Gasteiger partial charge in [0.25, 0.3) is 0 Å². The molecule has 4 aromatic carbocycles. The van der Waals surface area contributed by atoms with Gasteiger partial charge in [0.15, 0.2) is 0 Å². The maximum atomic E-state index is 3.30. The van der Waals surface area contributed by atoms with Crippen molar-refractivity contribution in [3.63, 3.8) is 0 Å². The Morgan fingerprint density at radius 3 is 0.920 bits per heavy atom. The molecule has 0 amide bonds. The predicted molar refractivity (Wildman–Crippen MR) is 216 cm³/mol. The molecule has 0 bridgehead atoms. The van der Waals surface area contributed by atoms with E-state index in [1.807, 2.05) is 0 Å². The van der Waals surface area contributed by atoms with Gasteiger partial charge in [-0.15, -0.1) is 0 Å². The predicted octanol–water partition coefficient (Wildman–Crippen LogP) is 13.4. The molecule has 0 heteroatoms. The zero-order valence-electron chi connectivity index (χ0n) is 31.4. The highest BCUT2D eigenvalue weighted by Gasteiger charge is 2.22. The van der Waals surface area contributed by atoms with Gasteiger partial charge in [0.2, 0.25) is 0 Å². The molecule has 0 N–H and O–H groups in total. The van der Waals surface area contributed by atoms with Gasteiger partial charge in [-0.2, -0.15) is 0 Å². The molecule has 260 valence electrons. The van der Waals surface area contributed by atoms with Crippen molar-refractivity contribution in [1.29, 1.82) is 0 Å². The van der Waals surface area contributed by atoms with Gasteiger partial charge in [0.1, 0.15) is 0 Å². The van der Waals surface area contributed by atoms with Crippen LogP contribution in [0.4, 0.5) is 0 Å². The summed E-state index contributed by atoms with van der Waals surface area (Å²) in [5, 5.41) is 0. The van der Waals surface area contributed by atoms with E-state index in [4.69, 9.17) is 0 Å². The third-order valence-corrected chi connectivity index (χ3v) is 11.3. The molecular formula is C50H60. The van der Waals surface area contributed by atoms with Crippen molar-refractivity contribution in [3.8, 4) is 23.7 Å². The first-order valence-corrected chi connectivity index (χ1v) is 20.0. The molecule has 4 aromatic rings. The number of aryl methyl sites for hydroxylation is 2. The van der Waals surface area contributed by atoms with Crippen molar-refractivity contribution >= 4 is 0 Å². The molecule has 0 nitrogen and oxygen atoms in total. The SMILES string of the molecule is CCCC1CCC(c2ccc(C#Cc3ccc(CC)cc3)cc2)CC1.CCCC1CCC(c2ccc(C#Cc3ccc(CC)cc3)cc2)CC1. The van der Waals surface area contributed by atoms with E-state index in [1.54, 1.807) is 0 Å². The molecule has 2 aliphatic carbocycles. The van der Waals surface area contributed by atoms with E-state index in [-0.39, 0.29) is 0 Å². The lowest BCUT2D eigenvalue weighted by Crippen LogP contribution is -2.13. The molecule has 0 aromatic heterocycles. The van der Waals surface area contributed by atoms with Crippen molar-refractivity contribution in [2.45, 2.75) is 129 Å². The molecule has 6 rings (SSSR count). The summed E-state index contributed by atoms with van der Waals surface area (Å²) in [6.45, 7) is 8.98. The summed E-state index contributed by atoms with van der Waals surface area (Å²) < 4.78 is 0. The van der Waals surface area contributed by atoms with Crippen LogP contribution in [0, 0.1) is 35.5 Å². The number of rotatable bonds is 8. The van der Waals surface area contributed by atoms with Gasteiger partial charge in [0.05, 0.1) is 0 Å². The van der Waals surface area contributed by atoms with Crippen molar-refractivity contribution < 1.29 is 0 Å². The molecular weight excluding hydrogens is 601 g/mol. The van der Waals surface area contributed by atoms with Crippen LogP contribution >= 0.6 is 0 Å². The number of benzene rings is 4. The summed E-state index contributed by atoms with van der Waals surface area (Å²) in [4.78, 5) is 0. The Labute approximate surface area is 305 Å². The van der Waals surface area contributed by atoms with E-state index in [0.29, 0.717) is 0 Å². The van der Waals surface area contributed by atoms with Crippen LogP contribution in [0.15, 0.2) is 97.1 Å². The lowest BCUT2D eigenvalue weighted by Gasteiger charge is -2.28. The van der Waals surface area contributed by atoms with Crippen LogP contribution in [-0.4, -0.2) is 0 Å². The molecule has 0 saturated heterocycles. The Bertz CT molecular complexity index is 1530. The Morgan fingerprint density at radius 1 is 0.380 bits per heavy atom.